The minimum absolute atomic E-state index is 0.103. The fraction of sp³-hybridized carbons (Fsp3) is 0.190. The van der Waals surface area contributed by atoms with Crippen LogP contribution >= 0.6 is 22.7 Å². The lowest BCUT2D eigenvalue weighted by atomic mass is 10.1. The van der Waals surface area contributed by atoms with Gasteiger partial charge in [-0.1, -0.05) is 24.8 Å². The predicted octanol–water partition coefficient (Wildman–Crippen LogP) is 4.94. The van der Waals surface area contributed by atoms with Crippen LogP contribution in [0.1, 0.15) is 32.1 Å². The average Bonchev–Trinajstić information content (AvgIpc) is 3.32. The summed E-state index contributed by atoms with van der Waals surface area (Å²) < 4.78 is 0. The summed E-state index contributed by atoms with van der Waals surface area (Å²) in [6, 6.07) is 9.49. The van der Waals surface area contributed by atoms with Crippen molar-refractivity contribution in [3.8, 4) is 11.3 Å². The standard InChI is InChI=1S/C21H19N3O2S2/c1-12-10-17(14(3)28-12)18-11-27-21(22-18)23-19(25)8-9-24-13(2)15-6-4-5-7-16(15)20(24)26/h4-7,10-11H,2,8-9H2,1,3H3,(H,22,23,25). The van der Waals surface area contributed by atoms with Crippen LogP contribution in [0, 0.1) is 13.8 Å². The number of thiazole rings is 1. The monoisotopic (exact) mass is 409 g/mol. The highest BCUT2D eigenvalue weighted by Crippen LogP contribution is 2.33. The molecule has 4 rings (SSSR count). The molecule has 142 valence electrons. The van der Waals surface area contributed by atoms with E-state index in [0.29, 0.717) is 22.9 Å². The quantitative estimate of drug-likeness (QED) is 0.649. The number of aryl methyl sites for hydroxylation is 2. The molecule has 0 atom stereocenters. The molecule has 2 aromatic heterocycles. The molecule has 0 fully saturated rings. The Kier molecular flexibility index (Phi) is 4.87. The second-order valence-electron chi connectivity index (χ2n) is 6.61. The molecule has 7 heteroatoms. The van der Waals surface area contributed by atoms with Crippen molar-refractivity contribution in [1.29, 1.82) is 0 Å². The van der Waals surface area contributed by atoms with Crippen molar-refractivity contribution in [2.75, 3.05) is 11.9 Å². The van der Waals surface area contributed by atoms with E-state index < -0.39 is 0 Å². The number of benzene rings is 1. The number of rotatable bonds is 5. The maximum atomic E-state index is 12.5. The van der Waals surface area contributed by atoms with Gasteiger partial charge in [0.15, 0.2) is 5.13 Å². The number of nitrogens with one attached hydrogen (secondary N) is 1. The molecule has 0 aliphatic carbocycles. The maximum absolute atomic E-state index is 12.5. The fourth-order valence-electron chi connectivity index (χ4n) is 3.31. The zero-order valence-corrected chi connectivity index (χ0v) is 17.2. The van der Waals surface area contributed by atoms with Crippen LogP contribution in [0.5, 0.6) is 0 Å². The highest BCUT2D eigenvalue weighted by atomic mass is 32.1. The summed E-state index contributed by atoms with van der Waals surface area (Å²) in [6.07, 6.45) is 0.185. The van der Waals surface area contributed by atoms with E-state index in [-0.39, 0.29) is 18.2 Å². The van der Waals surface area contributed by atoms with E-state index in [0.717, 1.165) is 16.8 Å². The Labute approximate surface area is 171 Å². The van der Waals surface area contributed by atoms with Crippen molar-refractivity contribution in [3.05, 3.63) is 63.2 Å². The van der Waals surface area contributed by atoms with E-state index in [4.69, 9.17) is 0 Å². The first kappa shape index (κ1) is 18.6. The van der Waals surface area contributed by atoms with Crippen LogP contribution in [-0.4, -0.2) is 28.2 Å². The second-order valence-corrected chi connectivity index (χ2v) is 8.93. The molecule has 0 bridgehead atoms. The van der Waals surface area contributed by atoms with Gasteiger partial charge >= 0.3 is 0 Å². The van der Waals surface area contributed by atoms with Crippen LogP contribution in [0.2, 0.25) is 0 Å². The van der Waals surface area contributed by atoms with Gasteiger partial charge in [0.2, 0.25) is 5.91 Å². The van der Waals surface area contributed by atoms with E-state index in [1.165, 1.54) is 21.1 Å². The summed E-state index contributed by atoms with van der Waals surface area (Å²) in [6.45, 7) is 8.43. The number of carbonyl (C=O) groups is 2. The van der Waals surface area contributed by atoms with Gasteiger partial charge in [-0.25, -0.2) is 4.98 Å². The summed E-state index contributed by atoms with van der Waals surface area (Å²) >= 11 is 3.14. The molecule has 0 saturated heterocycles. The highest BCUT2D eigenvalue weighted by molar-refractivity contribution is 7.14. The normalized spacial score (nSPS) is 13.1. The van der Waals surface area contributed by atoms with Gasteiger partial charge in [-0.05, 0) is 26.0 Å². The number of nitrogens with zero attached hydrogens (tertiary/aromatic N) is 2. The third-order valence-corrected chi connectivity index (χ3v) is 6.39. The van der Waals surface area contributed by atoms with Crippen LogP contribution in [-0.2, 0) is 4.79 Å². The van der Waals surface area contributed by atoms with E-state index in [9.17, 15) is 9.59 Å². The first-order valence-corrected chi connectivity index (χ1v) is 10.6. The minimum atomic E-state index is -0.171. The molecule has 1 aliphatic rings. The second kappa shape index (κ2) is 7.33. The van der Waals surface area contributed by atoms with E-state index in [2.05, 4.69) is 36.8 Å². The van der Waals surface area contributed by atoms with Crippen molar-refractivity contribution in [1.82, 2.24) is 9.88 Å². The molecule has 0 radical (unpaired) electrons. The molecule has 0 unspecified atom stereocenters. The molecule has 3 heterocycles. The molecule has 0 spiro atoms. The number of amides is 2. The SMILES string of the molecule is C=C1c2ccccc2C(=O)N1CCC(=O)Nc1nc(-c2cc(C)sc2C)cs1. The first-order chi connectivity index (χ1) is 13.4. The summed E-state index contributed by atoms with van der Waals surface area (Å²) in [7, 11) is 0. The molecular formula is C21H19N3O2S2. The van der Waals surface area contributed by atoms with Gasteiger partial charge in [0.05, 0.1) is 5.69 Å². The smallest absolute Gasteiger partial charge is 0.258 e. The maximum Gasteiger partial charge on any atom is 0.258 e. The fourth-order valence-corrected chi connectivity index (χ4v) is 4.97. The highest BCUT2D eigenvalue weighted by Gasteiger charge is 2.30. The zero-order valence-electron chi connectivity index (χ0n) is 15.6. The lowest BCUT2D eigenvalue weighted by Crippen LogP contribution is -2.27. The van der Waals surface area contributed by atoms with Crippen molar-refractivity contribution in [2.24, 2.45) is 0 Å². The molecule has 1 aromatic carbocycles. The third-order valence-electron chi connectivity index (χ3n) is 4.67. The van der Waals surface area contributed by atoms with Crippen LogP contribution in [0.3, 0.4) is 0 Å². The van der Waals surface area contributed by atoms with Gasteiger partial charge in [-0.15, -0.1) is 22.7 Å². The Hall–Kier alpha value is -2.77. The van der Waals surface area contributed by atoms with Gasteiger partial charge in [-0.3, -0.25) is 9.59 Å². The van der Waals surface area contributed by atoms with Crippen LogP contribution in [0.4, 0.5) is 5.13 Å². The topological polar surface area (TPSA) is 62.3 Å². The minimum Gasteiger partial charge on any atom is -0.308 e. The summed E-state index contributed by atoms with van der Waals surface area (Å²) in [4.78, 5) is 33.4. The van der Waals surface area contributed by atoms with Crippen molar-refractivity contribution in [3.63, 3.8) is 0 Å². The Morgan fingerprint density at radius 3 is 2.64 bits per heavy atom. The number of fused-ring (bicyclic) bond motifs is 1. The lowest BCUT2D eigenvalue weighted by molar-refractivity contribution is -0.116. The molecule has 0 saturated carbocycles. The van der Waals surface area contributed by atoms with Gasteiger partial charge in [0, 0.05) is 50.5 Å². The van der Waals surface area contributed by atoms with Gasteiger partial charge in [0.1, 0.15) is 0 Å². The lowest BCUT2D eigenvalue weighted by Gasteiger charge is -2.16. The third kappa shape index (κ3) is 3.39. The molecule has 28 heavy (non-hydrogen) atoms. The van der Waals surface area contributed by atoms with Crippen molar-refractivity contribution < 1.29 is 9.59 Å². The molecular weight excluding hydrogens is 390 g/mol. The Balaban J connectivity index is 1.38. The van der Waals surface area contributed by atoms with E-state index in [1.807, 2.05) is 23.6 Å². The molecule has 1 N–H and O–H groups in total. The Morgan fingerprint density at radius 2 is 1.96 bits per heavy atom. The van der Waals surface area contributed by atoms with Crippen molar-refractivity contribution >= 4 is 45.3 Å². The van der Waals surface area contributed by atoms with Gasteiger partial charge in [0.25, 0.3) is 5.91 Å². The van der Waals surface area contributed by atoms with Gasteiger partial charge < -0.3 is 10.2 Å². The molecule has 3 aromatic rings. The average molecular weight is 410 g/mol. The molecule has 2 amide bonds. The van der Waals surface area contributed by atoms with Gasteiger partial charge in [-0.2, -0.15) is 0 Å². The van der Waals surface area contributed by atoms with Crippen LogP contribution in [0.25, 0.3) is 17.0 Å². The largest absolute Gasteiger partial charge is 0.308 e. The van der Waals surface area contributed by atoms with Crippen molar-refractivity contribution in [2.45, 2.75) is 20.3 Å². The predicted molar refractivity (Wildman–Crippen MR) is 115 cm³/mol. The van der Waals surface area contributed by atoms with Crippen LogP contribution < -0.4 is 5.32 Å². The number of anilines is 1. The molecule has 1 aliphatic heterocycles. The summed E-state index contributed by atoms with van der Waals surface area (Å²) in [5.41, 5.74) is 4.10. The van der Waals surface area contributed by atoms with E-state index >= 15 is 0 Å². The Morgan fingerprint density at radius 1 is 1.21 bits per heavy atom. The zero-order chi connectivity index (χ0) is 19.8. The first-order valence-electron chi connectivity index (χ1n) is 8.87. The number of thiophene rings is 1. The molecule has 5 nitrogen and oxygen atoms in total. The Bertz CT molecular complexity index is 1060. The number of hydrogen-bond acceptors (Lipinski definition) is 5. The number of hydrogen-bond donors (Lipinski definition) is 1. The summed E-state index contributed by atoms with van der Waals surface area (Å²) in [5, 5.41) is 5.36. The number of aromatic nitrogens is 1. The van der Waals surface area contributed by atoms with E-state index in [1.54, 1.807) is 22.3 Å². The number of carbonyl (C=O) groups excluding carboxylic acids is 2. The summed E-state index contributed by atoms with van der Waals surface area (Å²) in [5.74, 6) is -0.274. The van der Waals surface area contributed by atoms with Crippen LogP contribution in [0.15, 0.2) is 42.3 Å².